The molecule has 7 heteroatoms. The Morgan fingerprint density at radius 2 is 2.17 bits per heavy atom. The first-order chi connectivity index (χ1) is 11.2. The molecule has 23 heavy (non-hydrogen) atoms. The Bertz CT molecular complexity index is 563. The van der Waals surface area contributed by atoms with Crippen LogP contribution in [-0.4, -0.2) is 49.0 Å². The number of hydrogen-bond acceptors (Lipinski definition) is 5. The van der Waals surface area contributed by atoms with Gasteiger partial charge in [0.2, 0.25) is 11.8 Å². The Hall–Kier alpha value is -1.86. The molecule has 0 saturated carbocycles. The maximum Gasteiger partial charge on any atom is 0.240 e. The van der Waals surface area contributed by atoms with Crippen LogP contribution >= 0.6 is 11.8 Å². The van der Waals surface area contributed by atoms with E-state index in [0.717, 1.165) is 6.42 Å². The van der Waals surface area contributed by atoms with Gasteiger partial charge in [0.25, 0.3) is 0 Å². The molecule has 1 aliphatic rings. The van der Waals surface area contributed by atoms with Crippen molar-refractivity contribution in [3.05, 3.63) is 35.9 Å². The fourth-order valence-corrected chi connectivity index (χ4v) is 3.08. The molecule has 0 spiro atoms. The topological polar surface area (TPSA) is 79.8 Å². The lowest BCUT2D eigenvalue weighted by molar-refractivity contribution is -0.125. The van der Waals surface area contributed by atoms with Gasteiger partial charge in [0.1, 0.15) is 5.25 Å². The number of amidine groups is 1. The number of carbonyl (C=O) groups is 2. The number of benzene rings is 1. The zero-order valence-corrected chi connectivity index (χ0v) is 13.9. The van der Waals surface area contributed by atoms with Gasteiger partial charge in [0, 0.05) is 20.1 Å². The van der Waals surface area contributed by atoms with Gasteiger partial charge >= 0.3 is 0 Å². The minimum Gasteiger partial charge on any atom is -0.383 e. The molecule has 1 fully saturated rings. The molecule has 1 aromatic carbocycles. The van der Waals surface area contributed by atoms with Crippen molar-refractivity contribution in [1.29, 1.82) is 0 Å². The van der Waals surface area contributed by atoms with Gasteiger partial charge in [-0.05, 0) is 12.0 Å². The van der Waals surface area contributed by atoms with Crippen LogP contribution < -0.4 is 10.6 Å². The van der Waals surface area contributed by atoms with E-state index in [9.17, 15) is 9.59 Å². The van der Waals surface area contributed by atoms with E-state index < -0.39 is 5.25 Å². The number of nitrogens with zero attached hydrogens (tertiary/aromatic N) is 1. The summed E-state index contributed by atoms with van der Waals surface area (Å²) in [6.45, 7) is 1.57. The smallest absolute Gasteiger partial charge is 0.240 e. The highest BCUT2D eigenvalue weighted by Gasteiger charge is 2.31. The van der Waals surface area contributed by atoms with E-state index in [1.807, 2.05) is 30.3 Å². The molecule has 6 nitrogen and oxygen atoms in total. The first-order valence-electron chi connectivity index (χ1n) is 7.50. The van der Waals surface area contributed by atoms with Crippen molar-refractivity contribution in [2.75, 3.05) is 26.8 Å². The van der Waals surface area contributed by atoms with Crippen LogP contribution in [0.4, 0.5) is 0 Å². The molecular formula is C16H21N3O3S. The number of aliphatic imine (C=N–C) groups is 1. The highest BCUT2D eigenvalue weighted by atomic mass is 32.2. The van der Waals surface area contributed by atoms with Crippen molar-refractivity contribution in [3.63, 3.8) is 0 Å². The largest absolute Gasteiger partial charge is 0.383 e. The molecular weight excluding hydrogens is 314 g/mol. The third-order valence-electron chi connectivity index (χ3n) is 3.28. The molecule has 1 saturated heterocycles. The van der Waals surface area contributed by atoms with Crippen molar-refractivity contribution >= 4 is 28.7 Å². The summed E-state index contributed by atoms with van der Waals surface area (Å²) in [6, 6.07) is 9.95. The molecule has 2 N–H and O–H groups in total. The fourth-order valence-electron chi connectivity index (χ4n) is 2.08. The van der Waals surface area contributed by atoms with E-state index in [4.69, 9.17) is 4.74 Å². The van der Waals surface area contributed by atoms with Gasteiger partial charge in [-0.2, -0.15) is 0 Å². The second-order valence-electron chi connectivity index (χ2n) is 5.07. The van der Waals surface area contributed by atoms with Crippen LogP contribution in [0, 0.1) is 0 Å². The molecule has 1 heterocycles. The second kappa shape index (κ2) is 9.32. The van der Waals surface area contributed by atoms with Gasteiger partial charge in [-0.1, -0.05) is 42.1 Å². The summed E-state index contributed by atoms with van der Waals surface area (Å²) in [6.07, 6.45) is 0.939. The molecule has 1 unspecified atom stereocenters. The molecule has 2 rings (SSSR count). The van der Waals surface area contributed by atoms with Gasteiger partial charge in [0.15, 0.2) is 5.17 Å². The summed E-state index contributed by atoms with van der Waals surface area (Å²) in [5.74, 6) is -0.281. The van der Waals surface area contributed by atoms with Crippen molar-refractivity contribution in [1.82, 2.24) is 10.6 Å². The predicted molar refractivity (Wildman–Crippen MR) is 91.5 cm³/mol. The molecule has 0 aliphatic carbocycles. The van der Waals surface area contributed by atoms with Gasteiger partial charge in [0.05, 0.1) is 13.2 Å². The average Bonchev–Trinajstić information content (AvgIpc) is 2.88. The van der Waals surface area contributed by atoms with Crippen LogP contribution in [0.3, 0.4) is 0 Å². The SMILES string of the molecule is COCCN=C1NC(=O)C(CC(=O)NCCc2ccccc2)S1. The van der Waals surface area contributed by atoms with Crippen LogP contribution in [0.2, 0.25) is 0 Å². The Balaban J connectivity index is 1.70. The summed E-state index contributed by atoms with van der Waals surface area (Å²) < 4.78 is 4.91. The maximum absolute atomic E-state index is 11.9. The molecule has 0 bridgehead atoms. The number of carbonyl (C=O) groups excluding carboxylic acids is 2. The van der Waals surface area contributed by atoms with Crippen molar-refractivity contribution in [3.8, 4) is 0 Å². The van der Waals surface area contributed by atoms with Crippen molar-refractivity contribution in [2.45, 2.75) is 18.1 Å². The minimum absolute atomic E-state index is 0.119. The Morgan fingerprint density at radius 1 is 1.39 bits per heavy atom. The molecule has 0 radical (unpaired) electrons. The number of amides is 2. The first kappa shape index (κ1) is 17.5. The van der Waals surface area contributed by atoms with Crippen LogP contribution in [0.25, 0.3) is 0 Å². The zero-order valence-electron chi connectivity index (χ0n) is 13.1. The molecule has 0 aromatic heterocycles. The lowest BCUT2D eigenvalue weighted by atomic mass is 10.1. The maximum atomic E-state index is 11.9. The van der Waals surface area contributed by atoms with Crippen LogP contribution in [0.1, 0.15) is 12.0 Å². The monoisotopic (exact) mass is 335 g/mol. The summed E-state index contributed by atoms with van der Waals surface area (Å²) in [5.41, 5.74) is 1.17. The number of rotatable bonds is 8. The standard InChI is InChI=1S/C16H21N3O3S/c1-22-10-9-18-16-19-15(21)13(23-16)11-14(20)17-8-7-12-5-3-2-4-6-12/h2-6,13H,7-11H2,1H3,(H,17,20)(H,18,19,21). The average molecular weight is 335 g/mol. The number of methoxy groups -OCH3 is 1. The Labute approximate surface area is 140 Å². The minimum atomic E-state index is -0.409. The highest BCUT2D eigenvalue weighted by Crippen LogP contribution is 2.22. The number of nitrogens with one attached hydrogen (secondary N) is 2. The quantitative estimate of drug-likeness (QED) is 0.694. The second-order valence-corrected chi connectivity index (χ2v) is 6.26. The highest BCUT2D eigenvalue weighted by molar-refractivity contribution is 8.15. The molecule has 2 amide bonds. The van der Waals surface area contributed by atoms with E-state index in [2.05, 4.69) is 15.6 Å². The predicted octanol–water partition coefficient (Wildman–Crippen LogP) is 0.969. The fraction of sp³-hybridized carbons (Fsp3) is 0.438. The van der Waals surface area contributed by atoms with Gasteiger partial charge in [-0.15, -0.1) is 0 Å². The number of ether oxygens (including phenoxy) is 1. The van der Waals surface area contributed by atoms with E-state index >= 15 is 0 Å². The third kappa shape index (κ3) is 6.03. The third-order valence-corrected chi connectivity index (χ3v) is 4.40. The Morgan fingerprint density at radius 3 is 2.91 bits per heavy atom. The van der Waals surface area contributed by atoms with Crippen LogP contribution in [-0.2, 0) is 20.7 Å². The molecule has 1 atom stereocenters. The van der Waals surface area contributed by atoms with Crippen LogP contribution in [0.5, 0.6) is 0 Å². The summed E-state index contributed by atoms with van der Waals surface area (Å²) in [7, 11) is 1.60. The lowest BCUT2D eigenvalue weighted by Crippen LogP contribution is -2.32. The lowest BCUT2D eigenvalue weighted by Gasteiger charge is -2.07. The van der Waals surface area contributed by atoms with Crippen molar-refractivity contribution in [2.24, 2.45) is 4.99 Å². The molecule has 124 valence electrons. The van der Waals surface area contributed by atoms with Gasteiger partial charge < -0.3 is 15.4 Å². The number of thioether (sulfide) groups is 1. The number of hydrogen-bond donors (Lipinski definition) is 2. The van der Waals surface area contributed by atoms with Gasteiger partial charge in [-0.3, -0.25) is 14.6 Å². The van der Waals surface area contributed by atoms with Gasteiger partial charge in [-0.25, -0.2) is 0 Å². The van der Waals surface area contributed by atoms with E-state index in [0.29, 0.717) is 24.9 Å². The van der Waals surface area contributed by atoms with E-state index in [1.165, 1.54) is 17.3 Å². The van der Waals surface area contributed by atoms with E-state index in [-0.39, 0.29) is 18.2 Å². The summed E-state index contributed by atoms with van der Waals surface area (Å²) in [5, 5.41) is 5.70. The normalized spacial score (nSPS) is 18.9. The van der Waals surface area contributed by atoms with Crippen molar-refractivity contribution < 1.29 is 14.3 Å². The van der Waals surface area contributed by atoms with Crippen LogP contribution in [0.15, 0.2) is 35.3 Å². The first-order valence-corrected chi connectivity index (χ1v) is 8.38. The zero-order chi connectivity index (χ0) is 16.5. The molecule has 1 aliphatic heterocycles. The Kier molecular flexibility index (Phi) is 7.09. The summed E-state index contributed by atoms with van der Waals surface area (Å²) in [4.78, 5) is 28.0. The van der Waals surface area contributed by atoms with E-state index in [1.54, 1.807) is 7.11 Å². The molecule has 1 aromatic rings. The summed E-state index contributed by atoms with van der Waals surface area (Å²) >= 11 is 1.30.